The number of hydrogen-bond acceptors (Lipinski definition) is 5. The molecule has 0 spiro atoms. The molecule has 2 heterocycles. The number of benzene rings is 2. The van der Waals surface area contributed by atoms with Crippen LogP contribution >= 0.6 is 11.8 Å². The van der Waals surface area contributed by atoms with Crippen molar-refractivity contribution in [1.29, 1.82) is 0 Å². The Morgan fingerprint density at radius 1 is 1.10 bits per heavy atom. The van der Waals surface area contributed by atoms with Crippen LogP contribution < -0.4 is 10.9 Å². The van der Waals surface area contributed by atoms with Crippen molar-refractivity contribution in [2.45, 2.75) is 25.9 Å². The zero-order valence-electron chi connectivity index (χ0n) is 16.9. The van der Waals surface area contributed by atoms with Crippen LogP contribution in [-0.2, 0) is 4.79 Å². The van der Waals surface area contributed by atoms with Crippen LogP contribution in [0.15, 0.2) is 58.6 Å². The number of aromatic nitrogens is 4. The van der Waals surface area contributed by atoms with Gasteiger partial charge in [-0.25, -0.2) is 9.67 Å². The Bertz CT molecular complexity index is 1290. The van der Waals surface area contributed by atoms with E-state index in [1.54, 1.807) is 4.68 Å². The average Bonchev–Trinajstić information content (AvgIpc) is 3.10. The van der Waals surface area contributed by atoms with Crippen molar-refractivity contribution in [2.75, 3.05) is 11.1 Å². The van der Waals surface area contributed by atoms with Crippen LogP contribution in [0, 0.1) is 20.8 Å². The Hall–Kier alpha value is -3.39. The van der Waals surface area contributed by atoms with Gasteiger partial charge < -0.3 is 10.3 Å². The highest BCUT2D eigenvalue weighted by Crippen LogP contribution is 2.19. The van der Waals surface area contributed by atoms with E-state index in [1.165, 1.54) is 18.0 Å². The molecule has 30 heavy (non-hydrogen) atoms. The summed E-state index contributed by atoms with van der Waals surface area (Å²) in [6, 6.07) is 13.7. The van der Waals surface area contributed by atoms with E-state index in [1.807, 2.05) is 63.2 Å². The zero-order chi connectivity index (χ0) is 21.3. The number of fused-ring (bicyclic) bond motifs is 1. The van der Waals surface area contributed by atoms with E-state index in [0.717, 1.165) is 28.1 Å². The van der Waals surface area contributed by atoms with Crippen molar-refractivity contribution in [1.82, 2.24) is 19.7 Å². The Balaban J connectivity index is 1.55. The van der Waals surface area contributed by atoms with Gasteiger partial charge in [0.1, 0.15) is 5.39 Å². The Morgan fingerprint density at radius 2 is 1.87 bits per heavy atom. The van der Waals surface area contributed by atoms with Crippen LogP contribution in [-0.4, -0.2) is 31.4 Å². The maximum absolute atomic E-state index is 12.5. The first-order valence-corrected chi connectivity index (χ1v) is 10.4. The van der Waals surface area contributed by atoms with Crippen molar-refractivity contribution in [3.8, 4) is 5.69 Å². The van der Waals surface area contributed by atoms with Gasteiger partial charge in [0, 0.05) is 5.69 Å². The second-order valence-electron chi connectivity index (χ2n) is 7.22. The monoisotopic (exact) mass is 419 g/mol. The first-order valence-electron chi connectivity index (χ1n) is 9.45. The molecule has 0 aliphatic heterocycles. The largest absolute Gasteiger partial charge is 0.325 e. The van der Waals surface area contributed by atoms with Gasteiger partial charge in [0.15, 0.2) is 10.8 Å². The minimum Gasteiger partial charge on any atom is -0.325 e. The molecule has 2 aromatic carbocycles. The van der Waals surface area contributed by atoms with Gasteiger partial charge in [0.25, 0.3) is 5.56 Å². The molecular weight excluding hydrogens is 398 g/mol. The molecule has 0 atom stereocenters. The lowest BCUT2D eigenvalue weighted by Crippen LogP contribution is -2.16. The second-order valence-corrected chi connectivity index (χ2v) is 8.18. The van der Waals surface area contributed by atoms with E-state index < -0.39 is 0 Å². The number of thioether (sulfide) groups is 1. The third-order valence-electron chi connectivity index (χ3n) is 4.51. The number of hydrogen-bond donors (Lipinski definition) is 2. The van der Waals surface area contributed by atoms with Crippen LogP contribution in [0.3, 0.4) is 0 Å². The molecule has 4 aromatic rings. The number of anilines is 1. The Labute approximate surface area is 177 Å². The molecule has 8 heteroatoms. The third kappa shape index (κ3) is 4.28. The predicted molar refractivity (Wildman–Crippen MR) is 119 cm³/mol. The second kappa shape index (κ2) is 8.16. The summed E-state index contributed by atoms with van der Waals surface area (Å²) in [5.41, 5.74) is 5.01. The van der Waals surface area contributed by atoms with Crippen LogP contribution in [0.2, 0.25) is 0 Å². The van der Waals surface area contributed by atoms with E-state index in [2.05, 4.69) is 20.4 Å². The highest BCUT2D eigenvalue weighted by molar-refractivity contribution is 7.99. The number of rotatable bonds is 5. The van der Waals surface area contributed by atoms with Crippen molar-refractivity contribution in [3.63, 3.8) is 0 Å². The molecule has 0 saturated carbocycles. The molecule has 0 radical (unpaired) electrons. The summed E-state index contributed by atoms with van der Waals surface area (Å²) in [5.74, 6) is -0.0417. The first-order chi connectivity index (χ1) is 14.4. The maximum Gasteiger partial charge on any atom is 0.262 e. The lowest BCUT2D eigenvalue weighted by Gasteiger charge is -2.08. The molecule has 4 rings (SSSR count). The standard InChI is InChI=1S/C22H21N5O2S/c1-13-5-4-6-17(10-13)27-20-18(11-23-27)21(29)26-22(25-20)30-12-19(28)24-16-8-14(2)7-15(3)9-16/h4-11H,12H2,1-3H3,(H,24,28)(H,25,26,29). The van der Waals surface area contributed by atoms with Crippen LogP contribution in [0.1, 0.15) is 16.7 Å². The number of nitrogens with one attached hydrogen (secondary N) is 2. The summed E-state index contributed by atoms with van der Waals surface area (Å²) in [6.07, 6.45) is 1.50. The number of nitrogens with zero attached hydrogens (tertiary/aromatic N) is 3. The molecule has 2 aromatic heterocycles. The van der Waals surface area contributed by atoms with E-state index in [4.69, 9.17) is 0 Å². The average molecular weight is 420 g/mol. The summed E-state index contributed by atoms with van der Waals surface area (Å²) in [7, 11) is 0. The molecule has 0 aliphatic rings. The number of H-pyrrole nitrogens is 1. The van der Waals surface area contributed by atoms with Crippen LogP contribution in [0.4, 0.5) is 5.69 Å². The highest BCUT2D eigenvalue weighted by atomic mass is 32.2. The van der Waals surface area contributed by atoms with Crippen LogP contribution in [0.5, 0.6) is 0 Å². The van der Waals surface area contributed by atoms with Crippen molar-refractivity contribution in [2.24, 2.45) is 0 Å². The third-order valence-corrected chi connectivity index (χ3v) is 5.38. The van der Waals surface area contributed by atoms with E-state index >= 15 is 0 Å². The SMILES string of the molecule is Cc1cc(C)cc(NC(=O)CSc2nc3c(cnn3-c3cccc(C)c3)c(=O)[nH]2)c1. The van der Waals surface area contributed by atoms with Gasteiger partial charge in [-0.1, -0.05) is 30.0 Å². The molecule has 0 fully saturated rings. The predicted octanol–water partition coefficient (Wildman–Crippen LogP) is 3.76. The quantitative estimate of drug-likeness (QED) is 0.379. The minimum absolute atomic E-state index is 0.125. The number of aromatic amines is 1. The summed E-state index contributed by atoms with van der Waals surface area (Å²) in [5, 5.41) is 7.98. The summed E-state index contributed by atoms with van der Waals surface area (Å²) >= 11 is 1.18. The summed E-state index contributed by atoms with van der Waals surface area (Å²) in [6.45, 7) is 5.96. The Morgan fingerprint density at radius 3 is 2.60 bits per heavy atom. The smallest absolute Gasteiger partial charge is 0.262 e. The molecule has 2 N–H and O–H groups in total. The number of amides is 1. The molecule has 0 bridgehead atoms. The molecule has 0 aliphatic carbocycles. The number of aryl methyl sites for hydroxylation is 3. The van der Waals surface area contributed by atoms with Crippen LogP contribution in [0.25, 0.3) is 16.7 Å². The van der Waals surface area contributed by atoms with Crippen molar-refractivity contribution < 1.29 is 4.79 Å². The number of carbonyl (C=O) groups is 1. The zero-order valence-corrected chi connectivity index (χ0v) is 17.7. The molecule has 0 unspecified atom stereocenters. The van der Waals surface area contributed by atoms with E-state index in [-0.39, 0.29) is 17.2 Å². The van der Waals surface area contributed by atoms with Crippen molar-refractivity contribution in [3.05, 3.63) is 75.7 Å². The molecule has 152 valence electrons. The summed E-state index contributed by atoms with van der Waals surface area (Å²) < 4.78 is 1.64. The normalized spacial score (nSPS) is 11.0. The lowest BCUT2D eigenvalue weighted by atomic mass is 10.1. The van der Waals surface area contributed by atoms with Gasteiger partial charge in [0.05, 0.1) is 17.6 Å². The molecule has 7 nitrogen and oxygen atoms in total. The lowest BCUT2D eigenvalue weighted by molar-refractivity contribution is -0.113. The van der Waals surface area contributed by atoms with Gasteiger partial charge >= 0.3 is 0 Å². The van der Waals surface area contributed by atoms with Gasteiger partial charge in [-0.05, 0) is 61.7 Å². The minimum atomic E-state index is -0.281. The fourth-order valence-corrected chi connectivity index (χ4v) is 3.95. The fourth-order valence-electron chi connectivity index (χ4n) is 3.29. The fraction of sp³-hybridized carbons (Fsp3) is 0.182. The van der Waals surface area contributed by atoms with Gasteiger partial charge in [-0.3, -0.25) is 9.59 Å². The molecule has 0 saturated heterocycles. The van der Waals surface area contributed by atoms with Gasteiger partial charge in [0.2, 0.25) is 5.91 Å². The van der Waals surface area contributed by atoms with Gasteiger partial charge in [-0.15, -0.1) is 0 Å². The maximum atomic E-state index is 12.5. The molecular formula is C22H21N5O2S. The van der Waals surface area contributed by atoms with Gasteiger partial charge in [-0.2, -0.15) is 5.10 Å². The summed E-state index contributed by atoms with van der Waals surface area (Å²) in [4.78, 5) is 32.1. The number of carbonyl (C=O) groups excluding carboxylic acids is 1. The van der Waals surface area contributed by atoms with E-state index in [9.17, 15) is 9.59 Å². The molecule has 1 amide bonds. The highest BCUT2D eigenvalue weighted by Gasteiger charge is 2.13. The van der Waals surface area contributed by atoms with Crippen molar-refractivity contribution >= 4 is 34.4 Å². The Kier molecular flexibility index (Phi) is 5.41. The van der Waals surface area contributed by atoms with E-state index in [0.29, 0.717) is 16.2 Å². The first kappa shape index (κ1) is 19.9. The topological polar surface area (TPSA) is 92.7 Å².